The van der Waals surface area contributed by atoms with Crippen molar-refractivity contribution in [1.82, 2.24) is 24.8 Å². The number of rotatable bonds is 7. The van der Waals surface area contributed by atoms with Crippen molar-refractivity contribution in [1.29, 1.82) is 0 Å². The number of fused-ring (bicyclic) bond motifs is 1. The maximum Gasteiger partial charge on any atom is 0.251 e. The molecular formula is C27H27FN6O3S. The predicted octanol–water partition coefficient (Wildman–Crippen LogP) is 3.40. The summed E-state index contributed by atoms with van der Waals surface area (Å²) in [5.41, 5.74) is 3.84. The Balaban J connectivity index is 1.18. The molecule has 1 aliphatic heterocycles. The number of benzene rings is 2. The molecule has 196 valence electrons. The molecular weight excluding hydrogens is 507 g/mol. The van der Waals surface area contributed by atoms with E-state index in [1.807, 2.05) is 23.1 Å². The number of anilines is 2. The summed E-state index contributed by atoms with van der Waals surface area (Å²) in [6, 6.07) is 16.2. The number of aromatic nitrogens is 3. The number of nitrogens with zero attached hydrogens (tertiary/aromatic N) is 4. The highest BCUT2D eigenvalue weighted by Gasteiger charge is 2.24. The Morgan fingerprint density at radius 2 is 1.82 bits per heavy atom. The van der Waals surface area contributed by atoms with Crippen molar-refractivity contribution in [2.45, 2.75) is 25.4 Å². The number of sulfone groups is 1. The highest BCUT2D eigenvalue weighted by molar-refractivity contribution is 7.91. The summed E-state index contributed by atoms with van der Waals surface area (Å²) in [5, 5.41) is 10.6. The minimum atomic E-state index is -2.98. The number of hydrogen-bond acceptors (Lipinski definition) is 7. The molecule has 4 aromatic rings. The number of carbonyl (C=O) groups excluding carboxylic acids is 1. The molecule has 0 radical (unpaired) electrons. The quantitative estimate of drug-likeness (QED) is 0.374. The van der Waals surface area contributed by atoms with Crippen LogP contribution < -0.4 is 10.6 Å². The molecule has 2 aromatic carbocycles. The molecule has 0 unspecified atom stereocenters. The van der Waals surface area contributed by atoms with Gasteiger partial charge >= 0.3 is 0 Å². The molecule has 0 bridgehead atoms. The first-order valence-electron chi connectivity index (χ1n) is 12.6. The van der Waals surface area contributed by atoms with Crippen LogP contribution in [-0.2, 0) is 16.4 Å². The van der Waals surface area contributed by atoms with E-state index in [-0.39, 0.29) is 23.2 Å². The standard InChI is InChI=1S/C27H27FN6O3S/c28-24-16-19(3-4-20(24)17-33-12-14-38(36,37)15-13-33)23-2-1-11-34-25(23)31-27(32-34)30-22-7-5-18(6-8-22)26(35)29-21-9-10-21/h1-8,11,16,21H,9-10,12-15,17H2,(H,29,35)(H,30,32). The number of nitrogens with one attached hydrogen (secondary N) is 2. The van der Waals surface area contributed by atoms with E-state index >= 15 is 4.39 Å². The van der Waals surface area contributed by atoms with Gasteiger partial charge in [-0.2, -0.15) is 4.98 Å². The SMILES string of the molecule is O=C(NC1CC1)c1ccc(Nc2nc3c(-c4ccc(CN5CCS(=O)(=O)CC5)c(F)c4)cccn3n2)cc1. The van der Waals surface area contributed by atoms with Gasteiger partial charge in [-0.1, -0.05) is 12.1 Å². The maximum absolute atomic E-state index is 15.1. The van der Waals surface area contributed by atoms with E-state index in [1.54, 1.807) is 41.0 Å². The Labute approximate surface area is 219 Å². The van der Waals surface area contributed by atoms with Gasteiger partial charge in [0, 0.05) is 54.3 Å². The summed E-state index contributed by atoms with van der Waals surface area (Å²) in [5.74, 6) is 0.179. The van der Waals surface area contributed by atoms with Gasteiger partial charge in [-0.25, -0.2) is 17.3 Å². The van der Waals surface area contributed by atoms with Gasteiger partial charge in [0.15, 0.2) is 15.5 Å². The Morgan fingerprint density at radius 1 is 1.05 bits per heavy atom. The zero-order valence-corrected chi connectivity index (χ0v) is 21.4. The lowest BCUT2D eigenvalue weighted by Gasteiger charge is -2.26. The van der Waals surface area contributed by atoms with E-state index in [0.717, 1.165) is 24.1 Å². The number of pyridine rings is 1. The zero-order chi connectivity index (χ0) is 26.3. The first-order chi connectivity index (χ1) is 18.3. The van der Waals surface area contributed by atoms with Crippen molar-refractivity contribution in [3.8, 4) is 11.1 Å². The third-order valence-corrected chi connectivity index (χ3v) is 8.48. The molecule has 2 aliphatic rings. The average Bonchev–Trinajstić information content (AvgIpc) is 3.62. The Kier molecular flexibility index (Phi) is 6.32. The minimum absolute atomic E-state index is 0.0725. The van der Waals surface area contributed by atoms with Crippen LogP contribution in [0.15, 0.2) is 60.8 Å². The summed E-state index contributed by atoms with van der Waals surface area (Å²) in [4.78, 5) is 18.8. The largest absolute Gasteiger partial charge is 0.349 e. The molecule has 6 rings (SSSR count). The van der Waals surface area contributed by atoms with Gasteiger partial charge in [0.1, 0.15) is 5.82 Å². The highest BCUT2D eigenvalue weighted by Crippen LogP contribution is 2.27. The number of hydrogen-bond donors (Lipinski definition) is 2. The van der Waals surface area contributed by atoms with Crippen LogP contribution in [0.25, 0.3) is 16.8 Å². The van der Waals surface area contributed by atoms with Gasteiger partial charge in [0.05, 0.1) is 11.5 Å². The summed E-state index contributed by atoms with van der Waals surface area (Å²) in [7, 11) is -2.98. The smallest absolute Gasteiger partial charge is 0.251 e. The molecule has 3 heterocycles. The lowest BCUT2D eigenvalue weighted by molar-refractivity contribution is 0.0951. The van der Waals surface area contributed by atoms with Crippen LogP contribution >= 0.6 is 0 Å². The normalized spacial score (nSPS) is 17.4. The van der Waals surface area contributed by atoms with E-state index in [4.69, 9.17) is 0 Å². The molecule has 11 heteroatoms. The van der Waals surface area contributed by atoms with Crippen molar-refractivity contribution in [2.24, 2.45) is 0 Å². The van der Waals surface area contributed by atoms with Crippen molar-refractivity contribution < 1.29 is 17.6 Å². The van der Waals surface area contributed by atoms with E-state index in [2.05, 4.69) is 20.7 Å². The Bertz CT molecular complexity index is 1600. The fourth-order valence-corrected chi connectivity index (χ4v) is 5.78. The van der Waals surface area contributed by atoms with Crippen molar-refractivity contribution in [3.05, 3.63) is 77.7 Å². The first kappa shape index (κ1) is 24.5. The lowest BCUT2D eigenvalue weighted by atomic mass is 10.0. The average molecular weight is 535 g/mol. The predicted molar refractivity (Wildman–Crippen MR) is 143 cm³/mol. The second-order valence-electron chi connectivity index (χ2n) is 9.81. The molecule has 0 spiro atoms. The molecule has 1 aliphatic carbocycles. The van der Waals surface area contributed by atoms with E-state index in [1.165, 1.54) is 6.07 Å². The lowest BCUT2D eigenvalue weighted by Crippen LogP contribution is -2.39. The third-order valence-electron chi connectivity index (χ3n) is 6.87. The van der Waals surface area contributed by atoms with Crippen LogP contribution in [0.2, 0.25) is 0 Å². The van der Waals surface area contributed by atoms with Crippen LogP contribution in [0.4, 0.5) is 16.0 Å². The van der Waals surface area contributed by atoms with Gasteiger partial charge in [0.25, 0.3) is 5.91 Å². The molecule has 2 aromatic heterocycles. The van der Waals surface area contributed by atoms with Crippen LogP contribution in [-0.4, -0.2) is 64.5 Å². The van der Waals surface area contributed by atoms with Crippen LogP contribution in [0.1, 0.15) is 28.8 Å². The minimum Gasteiger partial charge on any atom is -0.349 e. The monoisotopic (exact) mass is 534 g/mol. The second kappa shape index (κ2) is 9.80. The first-order valence-corrected chi connectivity index (χ1v) is 14.4. The van der Waals surface area contributed by atoms with Crippen LogP contribution in [0.5, 0.6) is 0 Å². The summed E-state index contributed by atoms with van der Waals surface area (Å²) in [6.45, 7) is 1.19. The Hall–Kier alpha value is -3.83. The third kappa shape index (κ3) is 5.39. The van der Waals surface area contributed by atoms with Crippen molar-refractivity contribution in [3.63, 3.8) is 0 Å². The molecule has 2 fully saturated rings. The topological polar surface area (TPSA) is 109 Å². The second-order valence-corrected chi connectivity index (χ2v) is 12.1. The van der Waals surface area contributed by atoms with Gasteiger partial charge < -0.3 is 10.6 Å². The summed E-state index contributed by atoms with van der Waals surface area (Å²) in [6.07, 6.45) is 3.85. The maximum atomic E-state index is 15.1. The van der Waals surface area contributed by atoms with Gasteiger partial charge in [0.2, 0.25) is 5.95 Å². The van der Waals surface area contributed by atoms with Gasteiger partial charge in [-0.05, 0) is 60.9 Å². The van der Waals surface area contributed by atoms with Crippen molar-refractivity contribution in [2.75, 3.05) is 29.9 Å². The summed E-state index contributed by atoms with van der Waals surface area (Å²) < 4.78 is 40.0. The van der Waals surface area contributed by atoms with E-state index < -0.39 is 9.84 Å². The van der Waals surface area contributed by atoms with Crippen LogP contribution in [0, 0.1) is 5.82 Å². The highest BCUT2D eigenvalue weighted by atomic mass is 32.2. The number of carbonyl (C=O) groups is 1. The molecule has 9 nitrogen and oxygen atoms in total. The van der Waals surface area contributed by atoms with Gasteiger partial charge in [-0.15, -0.1) is 5.10 Å². The molecule has 1 amide bonds. The van der Waals surface area contributed by atoms with Crippen molar-refractivity contribution >= 4 is 33.0 Å². The zero-order valence-electron chi connectivity index (χ0n) is 20.6. The summed E-state index contributed by atoms with van der Waals surface area (Å²) >= 11 is 0. The molecule has 1 saturated carbocycles. The molecule has 38 heavy (non-hydrogen) atoms. The van der Waals surface area contributed by atoms with E-state index in [9.17, 15) is 13.2 Å². The van der Waals surface area contributed by atoms with Gasteiger partial charge in [-0.3, -0.25) is 9.69 Å². The van der Waals surface area contributed by atoms with E-state index in [0.29, 0.717) is 54.0 Å². The number of amides is 1. The fourth-order valence-electron chi connectivity index (χ4n) is 4.51. The molecule has 2 N–H and O–H groups in total. The van der Waals surface area contributed by atoms with Crippen LogP contribution in [0.3, 0.4) is 0 Å². The molecule has 0 atom stereocenters. The fraction of sp³-hybridized carbons (Fsp3) is 0.296. The number of halogens is 1. The Morgan fingerprint density at radius 3 is 2.53 bits per heavy atom. The molecule has 1 saturated heterocycles.